The summed E-state index contributed by atoms with van der Waals surface area (Å²) in [5, 5.41) is 13.2. The number of nitrogens with one attached hydrogen (secondary N) is 1. The molecule has 0 spiro atoms. The molecule has 0 radical (unpaired) electrons. The first-order chi connectivity index (χ1) is 16.3. The van der Waals surface area contributed by atoms with E-state index in [1.54, 1.807) is 36.4 Å². The van der Waals surface area contributed by atoms with Gasteiger partial charge in [-0.2, -0.15) is 0 Å². The number of hydrogen-bond acceptors (Lipinski definition) is 6. The molecule has 2 aliphatic rings. The quantitative estimate of drug-likeness (QED) is 0.494. The lowest BCUT2D eigenvalue weighted by molar-refractivity contribution is -0.137. The highest BCUT2D eigenvalue weighted by atomic mass is 35.5. The van der Waals surface area contributed by atoms with E-state index in [1.807, 2.05) is 0 Å². The van der Waals surface area contributed by atoms with E-state index in [1.165, 1.54) is 0 Å². The number of rotatable bonds is 7. The van der Waals surface area contributed by atoms with Crippen molar-refractivity contribution in [3.05, 3.63) is 57.6 Å². The first-order valence-electron chi connectivity index (χ1n) is 10.9. The predicted octanol–water partition coefficient (Wildman–Crippen LogP) is 3.37. The topological polar surface area (TPSA) is 114 Å². The Bertz CT molecular complexity index is 1110. The molecule has 180 valence electrons. The number of aliphatic carboxylic acids is 1. The second-order valence-corrected chi connectivity index (χ2v) is 8.94. The van der Waals surface area contributed by atoms with Crippen LogP contribution in [0.1, 0.15) is 17.5 Å². The molecule has 2 aromatic rings. The molecule has 1 atom stereocenters. The molecule has 1 unspecified atom stereocenters. The maximum absolute atomic E-state index is 12.6. The summed E-state index contributed by atoms with van der Waals surface area (Å²) in [4.78, 5) is 26.6. The fourth-order valence-electron chi connectivity index (χ4n) is 4.22. The summed E-state index contributed by atoms with van der Waals surface area (Å²) >= 11 is 12.6. The standard InChI is InChI=1S/C24H25Cl2N3O5/c25-15-11-18(26)22-17(13-20(24(31)32)28-19(22)12-15)21(23(27)30)14-1-3-16(4-2-14)34-10-7-29-5-8-33-9-6-29/h1-4,11-12,20,28H,5-10,13H2,(H2,27,30)(H,31,32)/b21-17+. The summed E-state index contributed by atoms with van der Waals surface area (Å²) in [5.74, 6) is -1.09. The number of benzene rings is 2. The van der Waals surface area contributed by atoms with Gasteiger partial charge in [-0.1, -0.05) is 35.3 Å². The third-order valence-electron chi connectivity index (χ3n) is 5.86. The highest BCUT2D eigenvalue weighted by Gasteiger charge is 2.32. The number of nitrogens with two attached hydrogens (primary N) is 1. The second kappa shape index (κ2) is 10.7. The highest BCUT2D eigenvalue weighted by molar-refractivity contribution is 6.38. The minimum absolute atomic E-state index is 0.0275. The molecular weight excluding hydrogens is 481 g/mol. The summed E-state index contributed by atoms with van der Waals surface area (Å²) in [7, 11) is 0. The monoisotopic (exact) mass is 505 g/mol. The number of morpholine rings is 1. The third kappa shape index (κ3) is 5.47. The van der Waals surface area contributed by atoms with Gasteiger partial charge in [0.2, 0.25) is 5.91 Å². The van der Waals surface area contributed by atoms with Gasteiger partial charge in [0.05, 0.1) is 23.8 Å². The Balaban J connectivity index is 1.62. The van der Waals surface area contributed by atoms with E-state index >= 15 is 0 Å². The van der Waals surface area contributed by atoms with Gasteiger partial charge in [0, 0.05) is 42.3 Å². The van der Waals surface area contributed by atoms with E-state index in [0.29, 0.717) is 44.8 Å². The van der Waals surface area contributed by atoms with Crippen LogP contribution in [0.4, 0.5) is 5.69 Å². The number of primary amides is 1. The Kier molecular flexibility index (Phi) is 7.63. The number of amides is 1. The zero-order chi connectivity index (χ0) is 24.2. The van der Waals surface area contributed by atoms with Crippen LogP contribution in [0.15, 0.2) is 36.4 Å². The van der Waals surface area contributed by atoms with Crippen molar-refractivity contribution < 1.29 is 24.2 Å². The van der Waals surface area contributed by atoms with E-state index < -0.39 is 17.9 Å². The summed E-state index contributed by atoms with van der Waals surface area (Å²) in [5.41, 5.74) is 7.94. The molecule has 0 bridgehead atoms. The van der Waals surface area contributed by atoms with Gasteiger partial charge in [-0.15, -0.1) is 0 Å². The van der Waals surface area contributed by atoms with Crippen molar-refractivity contribution in [3.8, 4) is 5.75 Å². The molecule has 34 heavy (non-hydrogen) atoms. The summed E-state index contributed by atoms with van der Waals surface area (Å²) in [6.45, 7) is 4.56. The van der Waals surface area contributed by atoms with E-state index in [4.69, 9.17) is 38.4 Å². The molecular formula is C24H25Cl2N3O5. The van der Waals surface area contributed by atoms with Gasteiger partial charge in [-0.25, -0.2) is 4.79 Å². The molecule has 8 nitrogen and oxygen atoms in total. The van der Waals surface area contributed by atoms with Crippen LogP contribution < -0.4 is 15.8 Å². The summed E-state index contributed by atoms with van der Waals surface area (Å²) in [6.07, 6.45) is 0.0275. The number of carboxylic acids is 1. The second-order valence-electron chi connectivity index (χ2n) is 8.09. The lowest BCUT2D eigenvalue weighted by atomic mass is 9.86. The highest BCUT2D eigenvalue weighted by Crippen LogP contribution is 2.44. The van der Waals surface area contributed by atoms with Gasteiger partial charge >= 0.3 is 5.97 Å². The molecule has 2 aromatic carbocycles. The molecule has 4 rings (SSSR count). The summed E-state index contributed by atoms with van der Waals surface area (Å²) < 4.78 is 11.2. The molecule has 1 amide bonds. The summed E-state index contributed by atoms with van der Waals surface area (Å²) in [6, 6.07) is 9.17. The Morgan fingerprint density at radius 3 is 2.53 bits per heavy atom. The van der Waals surface area contributed by atoms with Gasteiger partial charge in [0.1, 0.15) is 18.4 Å². The molecule has 4 N–H and O–H groups in total. The lowest BCUT2D eigenvalue weighted by Gasteiger charge is -2.29. The number of carbonyl (C=O) groups excluding carboxylic acids is 1. The van der Waals surface area contributed by atoms with Gasteiger partial charge in [0.15, 0.2) is 0 Å². The number of anilines is 1. The number of carboxylic acid groups (broad SMARTS) is 1. The molecule has 1 fully saturated rings. The van der Waals surface area contributed by atoms with Gasteiger partial charge in [-0.05, 0) is 35.4 Å². The molecule has 0 aromatic heterocycles. The van der Waals surface area contributed by atoms with Crippen molar-refractivity contribution in [1.82, 2.24) is 4.90 Å². The van der Waals surface area contributed by atoms with Crippen LogP contribution >= 0.6 is 23.2 Å². The van der Waals surface area contributed by atoms with E-state index in [9.17, 15) is 14.7 Å². The molecule has 2 heterocycles. The Hall–Kier alpha value is -2.78. The number of hydrogen-bond donors (Lipinski definition) is 3. The van der Waals surface area contributed by atoms with Crippen LogP contribution in [0.25, 0.3) is 11.1 Å². The maximum atomic E-state index is 12.6. The first-order valence-corrected chi connectivity index (χ1v) is 11.6. The van der Waals surface area contributed by atoms with Crippen LogP contribution in [-0.4, -0.2) is 67.4 Å². The number of fused-ring (bicyclic) bond motifs is 1. The zero-order valence-electron chi connectivity index (χ0n) is 18.4. The maximum Gasteiger partial charge on any atom is 0.326 e. The van der Waals surface area contributed by atoms with Crippen LogP contribution in [0.2, 0.25) is 10.0 Å². The van der Waals surface area contributed by atoms with Gasteiger partial charge < -0.3 is 25.6 Å². The number of nitrogens with zero attached hydrogens (tertiary/aromatic N) is 1. The van der Waals surface area contributed by atoms with Crippen molar-refractivity contribution >= 4 is 51.9 Å². The van der Waals surface area contributed by atoms with Crippen LogP contribution in [-0.2, 0) is 14.3 Å². The van der Waals surface area contributed by atoms with E-state index in [2.05, 4.69) is 10.2 Å². The molecule has 2 aliphatic heterocycles. The lowest BCUT2D eigenvalue weighted by Crippen LogP contribution is -2.38. The Labute approximate surface area is 207 Å². The molecule has 10 heteroatoms. The average Bonchev–Trinajstić information content (AvgIpc) is 2.80. The van der Waals surface area contributed by atoms with Crippen LogP contribution in [0.5, 0.6) is 5.75 Å². The van der Waals surface area contributed by atoms with Crippen molar-refractivity contribution in [2.24, 2.45) is 5.73 Å². The van der Waals surface area contributed by atoms with E-state index in [0.717, 1.165) is 32.8 Å². The number of halogens is 2. The predicted molar refractivity (Wildman–Crippen MR) is 131 cm³/mol. The molecule has 1 saturated heterocycles. The minimum atomic E-state index is -1.06. The minimum Gasteiger partial charge on any atom is -0.492 e. The number of carbonyl (C=O) groups is 2. The zero-order valence-corrected chi connectivity index (χ0v) is 19.9. The number of ether oxygens (including phenoxy) is 2. The SMILES string of the molecule is NC(=O)/C(=C1\CC(C(=O)O)Nc2cc(Cl)cc(Cl)c21)c1ccc(OCCN2CCOCC2)cc1. The fraction of sp³-hybridized carbons (Fsp3) is 0.333. The van der Waals surface area contributed by atoms with E-state index in [-0.39, 0.29) is 12.0 Å². The van der Waals surface area contributed by atoms with Gasteiger partial charge in [0.25, 0.3) is 0 Å². The fourth-order valence-corrected chi connectivity index (χ4v) is 4.82. The third-order valence-corrected chi connectivity index (χ3v) is 6.38. The van der Waals surface area contributed by atoms with Crippen molar-refractivity contribution in [2.75, 3.05) is 44.8 Å². The van der Waals surface area contributed by atoms with Crippen molar-refractivity contribution in [3.63, 3.8) is 0 Å². The Morgan fingerprint density at radius 2 is 1.88 bits per heavy atom. The smallest absolute Gasteiger partial charge is 0.326 e. The van der Waals surface area contributed by atoms with Crippen molar-refractivity contribution in [1.29, 1.82) is 0 Å². The largest absolute Gasteiger partial charge is 0.492 e. The first kappa shape index (κ1) is 24.3. The molecule has 0 saturated carbocycles. The van der Waals surface area contributed by atoms with Crippen LogP contribution in [0.3, 0.4) is 0 Å². The van der Waals surface area contributed by atoms with Crippen LogP contribution in [0, 0.1) is 0 Å². The Morgan fingerprint density at radius 1 is 1.18 bits per heavy atom. The molecule has 0 aliphatic carbocycles. The van der Waals surface area contributed by atoms with Crippen molar-refractivity contribution in [2.45, 2.75) is 12.5 Å². The normalized spacial score (nSPS) is 19.6. The average molecular weight is 506 g/mol. The van der Waals surface area contributed by atoms with Gasteiger partial charge in [-0.3, -0.25) is 9.69 Å².